The van der Waals surface area contributed by atoms with E-state index >= 15 is 0 Å². The van der Waals surface area contributed by atoms with Gasteiger partial charge in [-0.2, -0.15) is 0 Å². The van der Waals surface area contributed by atoms with Gasteiger partial charge >= 0.3 is 0 Å². The van der Waals surface area contributed by atoms with Crippen LogP contribution in [0.15, 0.2) is 48.8 Å². The van der Waals surface area contributed by atoms with Crippen LogP contribution in [0.3, 0.4) is 0 Å². The monoisotopic (exact) mass is 301 g/mol. The zero-order valence-electron chi connectivity index (χ0n) is 12.0. The van der Waals surface area contributed by atoms with E-state index in [-0.39, 0.29) is 0 Å². The number of rotatable bonds is 7. The van der Waals surface area contributed by atoms with Crippen molar-refractivity contribution in [2.45, 2.75) is 6.54 Å². The Morgan fingerprint density at radius 2 is 2.19 bits per heavy atom. The number of ether oxygens (including phenoxy) is 1. The fraction of sp³-hybridized carbons (Fsp3) is 0.250. The van der Waals surface area contributed by atoms with Gasteiger partial charge in [0.2, 0.25) is 0 Å². The van der Waals surface area contributed by atoms with Crippen molar-refractivity contribution >= 4 is 17.2 Å². The van der Waals surface area contributed by atoms with Gasteiger partial charge in [-0.25, -0.2) is 0 Å². The van der Waals surface area contributed by atoms with E-state index in [9.17, 15) is 0 Å². The summed E-state index contributed by atoms with van der Waals surface area (Å²) in [7, 11) is 2.06. The lowest BCUT2D eigenvalue weighted by atomic mass is 10.2. The first-order valence-corrected chi connectivity index (χ1v) is 7.16. The second-order valence-corrected chi connectivity index (χ2v) is 5.28. The molecule has 0 saturated heterocycles. The fourth-order valence-corrected chi connectivity index (χ4v) is 2.07. The maximum absolute atomic E-state index is 5.73. The summed E-state index contributed by atoms with van der Waals surface area (Å²) in [5.74, 6) is 0.787. The van der Waals surface area contributed by atoms with Crippen LogP contribution in [-0.2, 0) is 6.54 Å². The molecule has 0 radical (unpaired) electrons. The first-order valence-electron chi connectivity index (χ1n) is 6.75. The Morgan fingerprint density at radius 3 is 2.90 bits per heavy atom. The number of hydrogen-bond acceptors (Lipinski definition) is 4. The molecule has 2 N–H and O–H groups in total. The SMILES string of the molecule is CN(CCOc1cccc(C(N)=S)c1)Cc1cccnc1. The van der Waals surface area contributed by atoms with E-state index < -0.39 is 0 Å². The number of thiocarbonyl (C=S) groups is 1. The van der Waals surface area contributed by atoms with Crippen molar-refractivity contribution in [1.29, 1.82) is 0 Å². The summed E-state index contributed by atoms with van der Waals surface area (Å²) in [5, 5.41) is 0. The maximum atomic E-state index is 5.73. The highest BCUT2D eigenvalue weighted by atomic mass is 32.1. The second-order valence-electron chi connectivity index (χ2n) is 4.84. The molecule has 0 fully saturated rings. The predicted molar refractivity (Wildman–Crippen MR) is 88.4 cm³/mol. The molecule has 0 aliphatic rings. The van der Waals surface area contributed by atoms with Crippen LogP contribution in [0.5, 0.6) is 5.75 Å². The highest BCUT2D eigenvalue weighted by Gasteiger charge is 2.02. The third-order valence-electron chi connectivity index (χ3n) is 3.04. The first kappa shape index (κ1) is 15.4. The molecule has 1 aromatic carbocycles. The van der Waals surface area contributed by atoms with Crippen LogP contribution in [0.4, 0.5) is 0 Å². The maximum Gasteiger partial charge on any atom is 0.120 e. The van der Waals surface area contributed by atoms with Gasteiger partial charge < -0.3 is 10.5 Å². The van der Waals surface area contributed by atoms with E-state index in [0.29, 0.717) is 11.6 Å². The third kappa shape index (κ3) is 5.13. The van der Waals surface area contributed by atoms with Gasteiger partial charge in [0.15, 0.2) is 0 Å². The number of nitrogens with two attached hydrogens (primary N) is 1. The molecule has 0 amide bonds. The summed E-state index contributed by atoms with van der Waals surface area (Å²) in [5.41, 5.74) is 7.62. The predicted octanol–water partition coefficient (Wildman–Crippen LogP) is 2.23. The van der Waals surface area contributed by atoms with Gasteiger partial charge in [-0.3, -0.25) is 9.88 Å². The largest absolute Gasteiger partial charge is 0.492 e. The molecule has 0 spiro atoms. The van der Waals surface area contributed by atoms with Gasteiger partial charge in [-0.05, 0) is 30.8 Å². The first-order chi connectivity index (χ1) is 10.1. The van der Waals surface area contributed by atoms with Crippen molar-refractivity contribution in [1.82, 2.24) is 9.88 Å². The number of nitrogens with zero attached hydrogens (tertiary/aromatic N) is 2. The van der Waals surface area contributed by atoms with Gasteiger partial charge in [0.25, 0.3) is 0 Å². The molecule has 0 aliphatic carbocycles. The molecule has 2 aromatic rings. The van der Waals surface area contributed by atoms with Gasteiger partial charge in [0.1, 0.15) is 17.3 Å². The number of likely N-dealkylation sites (N-methyl/N-ethyl adjacent to an activating group) is 1. The molecule has 2 rings (SSSR count). The molecule has 110 valence electrons. The summed E-state index contributed by atoms with van der Waals surface area (Å²) in [6.07, 6.45) is 3.66. The Balaban J connectivity index is 1.78. The van der Waals surface area contributed by atoms with Gasteiger partial charge in [-0.1, -0.05) is 30.4 Å². The van der Waals surface area contributed by atoms with Crippen molar-refractivity contribution in [3.8, 4) is 5.75 Å². The fourth-order valence-electron chi connectivity index (χ4n) is 1.94. The topological polar surface area (TPSA) is 51.4 Å². The van der Waals surface area contributed by atoms with Crippen LogP contribution >= 0.6 is 12.2 Å². The van der Waals surface area contributed by atoms with E-state index in [4.69, 9.17) is 22.7 Å². The van der Waals surface area contributed by atoms with Crippen LogP contribution in [0.25, 0.3) is 0 Å². The summed E-state index contributed by atoms with van der Waals surface area (Å²) >= 11 is 4.96. The van der Waals surface area contributed by atoms with Crippen molar-refractivity contribution < 1.29 is 4.74 Å². The Morgan fingerprint density at radius 1 is 1.33 bits per heavy atom. The molecule has 4 nitrogen and oxygen atoms in total. The Kier molecular flexibility index (Phi) is 5.66. The lowest BCUT2D eigenvalue weighted by Crippen LogP contribution is -2.24. The molecule has 0 bridgehead atoms. The summed E-state index contributed by atoms with van der Waals surface area (Å²) in [6, 6.07) is 11.6. The number of pyridine rings is 1. The minimum Gasteiger partial charge on any atom is -0.492 e. The zero-order chi connectivity index (χ0) is 15.1. The van der Waals surface area contributed by atoms with Crippen molar-refractivity contribution in [2.24, 2.45) is 5.73 Å². The minimum atomic E-state index is 0.383. The standard InChI is InChI=1S/C16H19N3OS/c1-19(12-13-4-3-7-18-11-13)8-9-20-15-6-2-5-14(10-15)16(17)21/h2-7,10-11H,8-9,12H2,1H3,(H2,17,21). The lowest BCUT2D eigenvalue weighted by molar-refractivity contribution is 0.232. The Labute approximate surface area is 130 Å². The average molecular weight is 301 g/mol. The normalized spacial score (nSPS) is 10.6. The number of aromatic nitrogens is 1. The van der Waals surface area contributed by atoms with Gasteiger partial charge in [-0.15, -0.1) is 0 Å². The van der Waals surface area contributed by atoms with Crippen molar-refractivity contribution in [3.63, 3.8) is 0 Å². The summed E-state index contributed by atoms with van der Waals surface area (Å²) < 4.78 is 5.73. The number of benzene rings is 1. The van der Waals surface area contributed by atoms with Crippen LogP contribution in [0.2, 0.25) is 0 Å². The molecular weight excluding hydrogens is 282 g/mol. The van der Waals surface area contributed by atoms with E-state index in [2.05, 4.69) is 23.0 Å². The molecule has 1 heterocycles. The molecule has 1 aromatic heterocycles. The van der Waals surface area contributed by atoms with Crippen LogP contribution < -0.4 is 10.5 Å². The number of hydrogen-bond donors (Lipinski definition) is 1. The molecule has 0 unspecified atom stereocenters. The molecule has 5 heteroatoms. The molecule has 0 saturated carbocycles. The molecule has 0 aliphatic heterocycles. The molecular formula is C16H19N3OS. The molecule has 0 atom stereocenters. The van der Waals surface area contributed by atoms with Crippen LogP contribution in [0.1, 0.15) is 11.1 Å². The van der Waals surface area contributed by atoms with E-state index in [1.807, 2.05) is 36.5 Å². The smallest absolute Gasteiger partial charge is 0.120 e. The van der Waals surface area contributed by atoms with Crippen molar-refractivity contribution in [3.05, 3.63) is 59.9 Å². The van der Waals surface area contributed by atoms with E-state index in [1.165, 1.54) is 5.56 Å². The van der Waals surface area contributed by atoms with Crippen molar-refractivity contribution in [2.75, 3.05) is 20.2 Å². The van der Waals surface area contributed by atoms with Gasteiger partial charge in [0, 0.05) is 31.0 Å². The lowest BCUT2D eigenvalue weighted by Gasteiger charge is -2.17. The van der Waals surface area contributed by atoms with Crippen LogP contribution in [-0.4, -0.2) is 35.1 Å². The summed E-state index contributed by atoms with van der Waals surface area (Å²) in [6.45, 7) is 2.29. The molecule has 21 heavy (non-hydrogen) atoms. The van der Waals surface area contributed by atoms with Gasteiger partial charge in [0.05, 0.1) is 0 Å². The quantitative estimate of drug-likeness (QED) is 0.795. The third-order valence-corrected chi connectivity index (χ3v) is 3.27. The minimum absolute atomic E-state index is 0.383. The van der Waals surface area contributed by atoms with Crippen LogP contribution in [0, 0.1) is 0 Å². The van der Waals surface area contributed by atoms with E-state index in [0.717, 1.165) is 24.4 Å². The zero-order valence-corrected chi connectivity index (χ0v) is 12.8. The average Bonchev–Trinajstić information content (AvgIpc) is 2.48. The Hall–Kier alpha value is -1.98. The second kappa shape index (κ2) is 7.71. The van der Waals surface area contributed by atoms with E-state index in [1.54, 1.807) is 6.20 Å². The highest BCUT2D eigenvalue weighted by molar-refractivity contribution is 7.80. The Bertz CT molecular complexity index is 589. The highest BCUT2D eigenvalue weighted by Crippen LogP contribution is 2.13. The summed E-state index contributed by atoms with van der Waals surface area (Å²) in [4.78, 5) is 6.68.